The Bertz CT molecular complexity index is 414. The van der Waals surface area contributed by atoms with Crippen LogP contribution in [0.2, 0.25) is 0 Å². The van der Waals surface area contributed by atoms with Crippen LogP contribution in [0.25, 0.3) is 0 Å². The van der Waals surface area contributed by atoms with E-state index in [1.807, 2.05) is 0 Å². The lowest BCUT2D eigenvalue weighted by Gasteiger charge is -2.32. The minimum Gasteiger partial charge on any atom is -0.381 e. The second kappa shape index (κ2) is 5.88. The molecule has 2 fully saturated rings. The zero-order valence-corrected chi connectivity index (χ0v) is 11.6. The molecule has 4 nitrogen and oxygen atoms in total. The molecule has 19 heavy (non-hydrogen) atoms. The van der Waals surface area contributed by atoms with Gasteiger partial charge in [0.05, 0.1) is 5.69 Å². The van der Waals surface area contributed by atoms with E-state index in [4.69, 9.17) is 9.72 Å². The fourth-order valence-electron chi connectivity index (χ4n) is 2.56. The SMILES string of the molecule is CN(c1cccc(CNC2CC2)n1)C1CCOCC1. The van der Waals surface area contributed by atoms with E-state index in [2.05, 4.69) is 35.5 Å². The van der Waals surface area contributed by atoms with E-state index in [1.54, 1.807) is 0 Å². The maximum absolute atomic E-state index is 5.42. The van der Waals surface area contributed by atoms with Crippen molar-refractivity contribution in [2.75, 3.05) is 25.2 Å². The van der Waals surface area contributed by atoms with Gasteiger partial charge in [0, 0.05) is 38.9 Å². The van der Waals surface area contributed by atoms with E-state index in [0.717, 1.165) is 50.2 Å². The van der Waals surface area contributed by atoms with Crippen LogP contribution in [0.5, 0.6) is 0 Å². The van der Waals surface area contributed by atoms with Crippen LogP contribution in [-0.2, 0) is 11.3 Å². The largest absolute Gasteiger partial charge is 0.381 e. The van der Waals surface area contributed by atoms with Gasteiger partial charge in [0.1, 0.15) is 5.82 Å². The summed E-state index contributed by atoms with van der Waals surface area (Å²) in [6, 6.07) is 7.63. The lowest BCUT2D eigenvalue weighted by Crippen LogP contribution is -2.37. The van der Waals surface area contributed by atoms with Crippen molar-refractivity contribution in [1.82, 2.24) is 10.3 Å². The highest BCUT2D eigenvalue weighted by Gasteiger charge is 2.21. The average Bonchev–Trinajstić information content (AvgIpc) is 3.30. The van der Waals surface area contributed by atoms with Gasteiger partial charge in [0.2, 0.25) is 0 Å². The zero-order chi connectivity index (χ0) is 13.1. The first-order valence-corrected chi connectivity index (χ1v) is 7.33. The van der Waals surface area contributed by atoms with Crippen LogP contribution < -0.4 is 10.2 Å². The molecule has 2 aliphatic rings. The van der Waals surface area contributed by atoms with Gasteiger partial charge in [0.25, 0.3) is 0 Å². The van der Waals surface area contributed by atoms with Crippen molar-refractivity contribution in [3.63, 3.8) is 0 Å². The Balaban J connectivity index is 1.63. The highest BCUT2D eigenvalue weighted by Crippen LogP contribution is 2.21. The van der Waals surface area contributed by atoms with Gasteiger partial charge < -0.3 is 15.0 Å². The van der Waals surface area contributed by atoms with Crippen LogP contribution in [0.4, 0.5) is 5.82 Å². The highest BCUT2D eigenvalue weighted by molar-refractivity contribution is 5.39. The fourth-order valence-corrected chi connectivity index (χ4v) is 2.56. The third kappa shape index (κ3) is 3.45. The highest BCUT2D eigenvalue weighted by atomic mass is 16.5. The third-order valence-electron chi connectivity index (χ3n) is 4.04. The monoisotopic (exact) mass is 261 g/mol. The van der Waals surface area contributed by atoms with E-state index in [0.29, 0.717) is 6.04 Å². The first kappa shape index (κ1) is 12.9. The van der Waals surface area contributed by atoms with Crippen LogP contribution in [-0.4, -0.2) is 37.3 Å². The van der Waals surface area contributed by atoms with Crippen molar-refractivity contribution < 1.29 is 4.74 Å². The Kier molecular flexibility index (Phi) is 3.99. The van der Waals surface area contributed by atoms with Gasteiger partial charge in [-0.3, -0.25) is 0 Å². The van der Waals surface area contributed by atoms with E-state index in [-0.39, 0.29) is 0 Å². The maximum atomic E-state index is 5.42. The Labute approximate surface area is 115 Å². The summed E-state index contributed by atoms with van der Waals surface area (Å²) in [7, 11) is 2.15. The summed E-state index contributed by atoms with van der Waals surface area (Å²) < 4.78 is 5.42. The minimum absolute atomic E-state index is 0.563. The van der Waals surface area contributed by atoms with Gasteiger partial charge in [-0.2, -0.15) is 0 Å². The van der Waals surface area contributed by atoms with E-state index in [9.17, 15) is 0 Å². The number of nitrogens with zero attached hydrogens (tertiary/aromatic N) is 2. The first-order valence-electron chi connectivity index (χ1n) is 7.33. The zero-order valence-electron chi connectivity index (χ0n) is 11.6. The van der Waals surface area contributed by atoms with Gasteiger partial charge in [-0.1, -0.05) is 6.07 Å². The molecule has 1 aromatic heterocycles. The number of anilines is 1. The number of hydrogen-bond donors (Lipinski definition) is 1. The predicted molar refractivity (Wildman–Crippen MR) is 76.3 cm³/mol. The van der Waals surface area contributed by atoms with Gasteiger partial charge in [-0.05, 0) is 37.8 Å². The number of nitrogens with one attached hydrogen (secondary N) is 1. The normalized spacial score (nSPS) is 20.5. The number of rotatable bonds is 5. The van der Waals surface area contributed by atoms with Gasteiger partial charge >= 0.3 is 0 Å². The summed E-state index contributed by atoms with van der Waals surface area (Å²) in [6.07, 6.45) is 4.84. The van der Waals surface area contributed by atoms with Crippen molar-refractivity contribution in [3.05, 3.63) is 23.9 Å². The molecule has 1 aliphatic carbocycles. The minimum atomic E-state index is 0.563. The van der Waals surface area contributed by atoms with Gasteiger partial charge in [-0.15, -0.1) is 0 Å². The predicted octanol–water partition coefficient (Wildman–Crippen LogP) is 1.95. The van der Waals surface area contributed by atoms with Gasteiger partial charge in [0.15, 0.2) is 0 Å². The summed E-state index contributed by atoms with van der Waals surface area (Å²) in [5.41, 5.74) is 1.14. The molecule has 104 valence electrons. The molecule has 1 aliphatic heterocycles. The van der Waals surface area contributed by atoms with Crippen LogP contribution in [0.3, 0.4) is 0 Å². The molecule has 2 heterocycles. The third-order valence-corrected chi connectivity index (χ3v) is 4.04. The number of ether oxygens (including phenoxy) is 1. The molecule has 1 saturated heterocycles. The molecule has 0 spiro atoms. The van der Waals surface area contributed by atoms with Crippen LogP contribution in [0, 0.1) is 0 Å². The van der Waals surface area contributed by atoms with Crippen molar-refractivity contribution in [2.45, 2.75) is 44.3 Å². The summed E-state index contributed by atoms with van der Waals surface area (Å²) in [4.78, 5) is 7.08. The summed E-state index contributed by atoms with van der Waals surface area (Å²) in [5, 5.41) is 3.52. The first-order chi connectivity index (χ1) is 9.33. The molecule has 1 saturated carbocycles. The number of hydrogen-bond acceptors (Lipinski definition) is 4. The smallest absolute Gasteiger partial charge is 0.128 e. The van der Waals surface area contributed by atoms with Crippen molar-refractivity contribution in [1.29, 1.82) is 0 Å². The van der Waals surface area contributed by atoms with E-state index >= 15 is 0 Å². The molecule has 0 bridgehead atoms. The van der Waals surface area contributed by atoms with Crippen LogP contribution in [0.15, 0.2) is 18.2 Å². The Morgan fingerprint density at radius 3 is 2.79 bits per heavy atom. The Hall–Kier alpha value is -1.13. The molecule has 0 unspecified atom stereocenters. The second-order valence-corrected chi connectivity index (χ2v) is 5.60. The van der Waals surface area contributed by atoms with Crippen molar-refractivity contribution in [3.8, 4) is 0 Å². The molecule has 0 radical (unpaired) electrons. The maximum Gasteiger partial charge on any atom is 0.128 e. The summed E-state index contributed by atoms with van der Waals surface area (Å²) >= 11 is 0. The van der Waals surface area contributed by atoms with Crippen LogP contribution in [0.1, 0.15) is 31.4 Å². The molecule has 1 aromatic rings. The van der Waals surface area contributed by atoms with Gasteiger partial charge in [-0.25, -0.2) is 4.98 Å². The molecule has 0 atom stereocenters. The second-order valence-electron chi connectivity index (χ2n) is 5.60. The fraction of sp³-hybridized carbons (Fsp3) is 0.667. The molecule has 0 aromatic carbocycles. The average molecular weight is 261 g/mol. The quantitative estimate of drug-likeness (QED) is 0.879. The number of aromatic nitrogens is 1. The topological polar surface area (TPSA) is 37.4 Å². The molecule has 4 heteroatoms. The Morgan fingerprint density at radius 1 is 1.26 bits per heavy atom. The van der Waals surface area contributed by atoms with Crippen molar-refractivity contribution in [2.24, 2.45) is 0 Å². The summed E-state index contributed by atoms with van der Waals surface area (Å²) in [5.74, 6) is 1.09. The Morgan fingerprint density at radius 2 is 2.05 bits per heavy atom. The lowest BCUT2D eigenvalue weighted by atomic mass is 10.1. The number of pyridine rings is 1. The molecule has 1 N–H and O–H groups in total. The lowest BCUT2D eigenvalue weighted by molar-refractivity contribution is 0.0853. The molecule has 3 rings (SSSR count). The summed E-state index contributed by atoms with van der Waals surface area (Å²) in [6.45, 7) is 2.63. The van der Waals surface area contributed by atoms with E-state index in [1.165, 1.54) is 12.8 Å². The standard InChI is InChI=1S/C15H23N3O/c1-18(14-7-9-19-10-8-14)15-4-2-3-13(17-15)11-16-12-5-6-12/h2-4,12,14,16H,5-11H2,1H3. The molecular weight excluding hydrogens is 238 g/mol. The van der Waals surface area contributed by atoms with Crippen molar-refractivity contribution >= 4 is 5.82 Å². The van der Waals surface area contributed by atoms with E-state index < -0.39 is 0 Å². The van der Waals surface area contributed by atoms with Crippen LogP contribution >= 0.6 is 0 Å². The molecule has 0 amide bonds. The molecular formula is C15H23N3O.